The summed E-state index contributed by atoms with van der Waals surface area (Å²) in [5, 5.41) is 0. The molecule has 0 unspecified atom stereocenters. The zero-order valence-electron chi connectivity index (χ0n) is 12.0. The standard InChI is InChI=1S/C12H16F3O5PS/c1-3-19-21(16,20-4-2)9-10-5-7-11(8-6-10)22(17,18)12(13,14)15/h5-8H,3-4,9H2,1-2H3. The number of benzene rings is 1. The summed E-state index contributed by atoms with van der Waals surface area (Å²) in [7, 11) is -8.79. The van der Waals surface area contributed by atoms with Gasteiger partial charge < -0.3 is 9.05 Å². The van der Waals surface area contributed by atoms with Crippen molar-refractivity contribution in [3.8, 4) is 0 Å². The van der Waals surface area contributed by atoms with Crippen molar-refractivity contribution in [2.24, 2.45) is 0 Å². The summed E-state index contributed by atoms with van der Waals surface area (Å²) in [5.41, 5.74) is -5.01. The minimum atomic E-state index is -5.39. The second-order valence-corrected chi connectivity index (χ2v) is 8.19. The Morgan fingerprint density at radius 1 is 1.05 bits per heavy atom. The summed E-state index contributed by atoms with van der Waals surface area (Å²) >= 11 is 0. The Morgan fingerprint density at radius 2 is 1.50 bits per heavy atom. The van der Waals surface area contributed by atoms with Gasteiger partial charge in [0.2, 0.25) is 0 Å². The van der Waals surface area contributed by atoms with Gasteiger partial charge in [-0.15, -0.1) is 0 Å². The molecule has 126 valence electrons. The van der Waals surface area contributed by atoms with Crippen molar-refractivity contribution in [2.45, 2.75) is 30.4 Å². The molecule has 1 rings (SSSR count). The number of hydrogen-bond acceptors (Lipinski definition) is 5. The van der Waals surface area contributed by atoms with Gasteiger partial charge in [0.1, 0.15) is 0 Å². The van der Waals surface area contributed by atoms with E-state index in [1.807, 2.05) is 0 Å². The van der Waals surface area contributed by atoms with Crippen LogP contribution in [0.25, 0.3) is 0 Å². The predicted octanol–water partition coefficient (Wildman–Crippen LogP) is 3.75. The summed E-state index contributed by atoms with van der Waals surface area (Å²) in [6.07, 6.45) is -0.152. The first kappa shape index (κ1) is 19.2. The van der Waals surface area contributed by atoms with E-state index in [4.69, 9.17) is 9.05 Å². The van der Waals surface area contributed by atoms with Gasteiger partial charge in [-0.1, -0.05) is 12.1 Å². The van der Waals surface area contributed by atoms with Gasteiger partial charge in [-0.25, -0.2) is 8.42 Å². The summed E-state index contributed by atoms with van der Waals surface area (Å²) < 4.78 is 82.1. The lowest BCUT2D eigenvalue weighted by molar-refractivity contribution is -0.0436. The summed E-state index contributed by atoms with van der Waals surface area (Å²) in [6.45, 7) is 3.56. The van der Waals surface area contributed by atoms with E-state index in [1.165, 1.54) is 0 Å². The fourth-order valence-electron chi connectivity index (χ4n) is 1.65. The van der Waals surface area contributed by atoms with Crippen LogP contribution in [0.5, 0.6) is 0 Å². The largest absolute Gasteiger partial charge is 0.501 e. The third-order valence-corrected chi connectivity index (χ3v) is 6.12. The molecule has 0 fully saturated rings. The summed E-state index contributed by atoms with van der Waals surface area (Å²) in [6, 6.07) is 3.95. The molecule has 0 spiro atoms. The fraction of sp³-hybridized carbons (Fsp3) is 0.500. The molecule has 1 aromatic carbocycles. The highest BCUT2D eigenvalue weighted by Gasteiger charge is 2.46. The Bertz CT molecular complexity index is 630. The van der Waals surface area contributed by atoms with Gasteiger partial charge in [-0.2, -0.15) is 13.2 Å². The SMILES string of the molecule is CCOP(=O)(Cc1ccc(S(=O)(=O)C(F)(F)F)cc1)OCC. The maximum Gasteiger partial charge on any atom is 0.501 e. The molecular formula is C12H16F3O5PS. The summed E-state index contributed by atoms with van der Waals surface area (Å²) in [5.74, 6) is 0. The van der Waals surface area contributed by atoms with E-state index in [0.717, 1.165) is 24.3 Å². The first-order valence-electron chi connectivity index (χ1n) is 6.34. The van der Waals surface area contributed by atoms with E-state index in [2.05, 4.69) is 0 Å². The lowest BCUT2D eigenvalue weighted by Crippen LogP contribution is -2.23. The fourth-order valence-corrected chi connectivity index (χ4v) is 4.12. The highest BCUT2D eigenvalue weighted by molar-refractivity contribution is 7.92. The van der Waals surface area contributed by atoms with Crippen LogP contribution in [0.3, 0.4) is 0 Å². The Morgan fingerprint density at radius 3 is 1.86 bits per heavy atom. The predicted molar refractivity (Wildman–Crippen MR) is 74.2 cm³/mol. The lowest BCUT2D eigenvalue weighted by Gasteiger charge is -2.17. The van der Waals surface area contributed by atoms with Crippen LogP contribution >= 0.6 is 7.60 Å². The van der Waals surface area contributed by atoms with Gasteiger partial charge in [0.25, 0.3) is 9.84 Å². The number of sulfone groups is 1. The van der Waals surface area contributed by atoms with Crippen LogP contribution in [0.1, 0.15) is 19.4 Å². The zero-order valence-corrected chi connectivity index (χ0v) is 13.7. The molecular weight excluding hydrogens is 344 g/mol. The molecule has 0 aromatic heterocycles. The number of hydrogen-bond donors (Lipinski definition) is 0. The second kappa shape index (κ2) is 7.12. The van der Waals surface area contributed by atoms with Gasteiger partial charge in [0, 0.05) is 0 Å². The first-order chi connectivity index (χ1) is 10.1. The van der Waals surface area contributed by atoms with Crippen molar-refractivity contribution >= 4 is 17.4 Å². The molecule has 0 saturated heterocycles. The van der Waals surface area contributed by atoms with Crippen molar-refractivity contribution in [2.75, 3.05) is 13.2 Å². The normalized spacial score (nSPS) is 13.3. The molecule has 10 heteroatoms. The molecule has 0 amide bonds. The Kier molecular flexibility index (Phi) is 6.20. The molecule has 1 aromatic rings. The van der Waals surface area contributed by atoms with Gasteiger partial charge in [0.05, 0.1) is 24.3 Å². The van der Waals surface area contributed by atoms with Gasteiger partial charge >= 0.3 is 13.1 Å². The molecule has 0 aliphatic heterocycles. The van der Waals surface area contributed by atoms with E-state index in [0.29, 0.717) is 5.56 Å². The summed E-state index contributed by atoms with van der Waals surface area (Å²) in [4.78, 5) is -0.869. The maximum atomic E-state index is 12.4. The molecule has 0 saturated carbocycles. The highest BCUT2D eigenvalue weighted by Crippen LogP contribution is 2.51. The zero-order chi connectivity index (χ0) is 17.0. The van der Waals surface area contributed by atoms with Crippen LogP contribution in [0, 0.1) is 0 Å². The minimum Gasteiger partial charge on any atom is -0.309 e. The third-order valence-electron chi connectivity index (χ3n) is 2.57. The van der Waals surface area contributed by atoms with E-state index < -0.39 is 27.8 Å². The van der Waals surface area contributed by atoms with E-state index in [9.17, 15) is 26.2 Å². The van der Waals surface area contributed by atoms with Crippen molar-refractivity contribution in [1.82, 2.24) is 0 Å². The van der Waals surface area contributed by atoms with Crippen molar-refractivity contribution in [3.63, 3.8) is 0 Å². The van der Waals surface area contributed by atoms with Gasteiger partial charge in [-0.05, 0) is 31.5 Å². The maximum absolute atomic E-state index is 12.4. The Labute approximate surface area is 126 Å². The third kappa shape index (κ3) is 4.55. The Balaban J connectivity index is 3.01. The van der Waals surface area contributed by atoms with Gasteiger partial charge in [-0.3, -0.25) is 4.57 Å². The smallest absolute Gasteiger partial charge is 0.309 e. The quantitative estimate of drug-likeness (QED) is 0.693. The first-order valence-corrected chi connectivity index (χ1v) is 9.55. The minimum absolute atomic E-state index is 0.151. The molecule has 0 N–H and O–H groups in total. The molecule has 22 heavy (non-hydrogen) atoms. The van der Waals surface area contributed by atoms with Crippen LogP contribution in [-0.2, 0) is 29.6 Å². The molecule has 0 aliphatic carbocycles. The molecule has 0 heterocycles. The van der Waals surface area contributed by atoms with E-state index in [-0.39, 0.29) is 19.4 Å². The topological polar surface area (TPSA) is 69.7 Å². The number of rotatable bonds is 7. The molecule has 5 nitrogen and oxygen atoms in total. The molecule has 0 atom stereocenters. The van der Waals surface area contributed by atoms with Crippen molar-refractivity contribution < 1.29 is 35.2 Å². The average molecular weight is 360 g/mol. The Hall–Kier alpha value is -0.890. The second-order valence-electron chi connectivity index (χ2n) is 4.20. The molecule has 0 bridgehead atoms. The van der Waals surface area contributed by atoms with Crippen molar-refractivity contribution in [3.05, 3.63) is 29.8 Å². The van der Waals surface area contributed by atoms with Crippen LogP contribution in [-0.4, -0.2) is 27.1 Å². The molecule has 0 radical (unpaired) electrons. The van der Waals surface area contributed by atoms with Crippen molar-refractivity contribution in [1.29, 1.82) is 0 Å². The monoisotopic (exact) mass is 360 g/mol. The highest BCUT2D eigenvalue weighted by atomic mass is 32.2. The number of halogens is 3. The lowest BCUT2D eigenvalue weighted by atomic mass is 10.2. The van der Waals surface area contributed by atoms with Crippen LogP contribution in [0.15, 0.2) is 29.2 Å². The molecule has 0 aliphatic rings. The van der Waals surface area contributed by atoms with Crippen LogP contribution < -0.4 is 0 Å². The number of alkyl halides is 3. The van der Waals surface area contributed by atoms with E-state index in [1.54, 1.807) is 13.8 Å². The van der Waals surface area contributed by atoms with Crippen LogP contribution in [0.2, 0.25) is 0 Å². The van der Waals surface area contributed by atoms with Crippen LogP contribution in [0.4, 0.5) is 13.2 Å². The van der Waals surface area contributed by atoms with Gasteiger partial charge in [0.15, 0.2) is 0 Å². The average Bonchev–Trinajstić information content (AvgIpc) is 2.38. The van der Waals surface area contributed by atoms with E-state index >= 15 is 0 Å².